The molecule has 0 aliphatic carbocycles. The number of amides is 1. The number of ether oxygens (including phenoxy) is 1. The molecule has 0 heterocycles. The average Bonchev–Trinajstić information content (AvgIpc) is 1.60. The zero-order valence-corrected chi connectivity index (χ0v) is 6.30. The van der Waals surface area contributed by atoms with Gasteiger partial charge in [0.25, 0.3) is 5.91 Å². The number of rotatable bonds is 2. The zero-order valence-electron chi connectivity index (χ0n) is 6.30. The van der Waals surface area contributed by atoms with Crippen molar-refractivity contribution < 1.29 is 14.3 Å². The minimum absolute atomic E-state index is 0.510. The second kappa shape index (κ2) is 2.68. The second-order valence-corrected chi connectivity index (χ2v) is 2.47. The fraction of sp³-hybridized carbons (Fsp3) is 0.667. The molecule has 0 saturated heterocycles. The molecule has 0 radical (unpaired) electrons. The third-order valence-electron chi connectivity index (χ3n) is 0.992. The number of hydrogen-bond acceptors (Lipinski definition) is 3. The Morgan fingerprint density at radius 2 is 1.80 bits per heavy atom. The summed E-state index contributed by atoms with van der Waals surface area (Å²) in [7, 11) is 0. The molecule has 0 rings (SSSR count). The Hall–Kier alpha value is -1.06. The molecule has 0 spiro atoms. The van der Waals surface area contributed by atoms with Crippen molar-refractivity contribution in [1.82, 2.24) is 0 Å². The van der Waals surface area contributed by atoms with Gasteiger partial charge in [-0.3, -0.25) is 9.59 Å². The minimum Gasteiger partial charge on any atom is -0.450 e. The SMILES string of the molecule is CC(=O)OC(C)(C)C(N)=O. The maximum absolute atomic E-state index is 10.5. The first-order valence-corrected chi connectivity index (χ1v) is 2.86. The number of hydrogen-bond donors (Lipinski definition) is 1. The highest BCUT2D eigenvalue weighted by Crippen LogP contribution is 2.07. The lowest BCUT2D eigenvalue weighted by Gasteiger charge is -2.19. The van der Waals surface area contributed by atoms with Crippen LogP contribution in [0, 0.1) is 0 Å². The summed E-state index contributed by atoms with van der Waals surface area (Å²) in [5.41, 5.74) is 3.71. The van der Waals surface area contributed by atoms with Gasteiger partial charge in [-0.05, 0) is 13.8 Å². The third-order valence-corrected chi connectivity index (χ3v) is 0.992. The first-order chi connectivity index (χ1) is 4.36. The van der Waals surface area contributed by atoms with E-state index in [9.17, 15) is 9.59 Å². The highest BCUT2D eigenvalue weighted by Gasteiger charge is 2.27. The molecule has 0 aromatic carbocycles. The highest BCUT2D eigenvalue weighted by atomic mass is 16.6. The largest absolute Gasteiger partial charge is 0.450 e. The third kappa shape index (κ3) is 2.48. The van der Waals surface area contributed by atoms with E-state index in [0.29, 0.717) is 0 Å². The molecular weight excluding hydrogens is 134 g/mol. The topological polar surface area (TPSA) is 69.4 Å². The Morgan fingerprint density at radius 1 is 1.40 bits per heavy atom. The van der Waals surface area contributed by atoms with Gasteiger partial charge in [0.05, 0.1) is 0 Å². The van der Waals surface area contributed by atoms with E-state index in [4.69, 9.17) is 5.73 Å². The van der Waals surface area contributed by atoms with Gasteiger partial charge in [-0.2, -0.15) is 0 Å². The molecule has 2 N–H and O–H groups in total. The summed E-state index contributed by atoms with van der Waals surface area (Å²) in [4.78, 5) is 20.8. The van der Waals surface area contributed by atoms with Crippen molar-refractivity contribution in [3.63, 3.8) is 0 Å². The molecule has 4 heteroatoms. The van der Waals surface area contributed by atoms with Gasteiger partial charge in [-0.15, -0.1) is 0 Å². The molecule has 0 saturated carbocycles. The van der Waals surface area contributed by atoms with Crippen molar-refractivity contribution in [1.29, 1.82) is 0 Å². The summed E-state index contributed by atoms with van der Waals surface area (Å²) in [6.07, 6.45) is 0. The van der Waals surface area contributed by atoms with Crippen LogP contribution in [0.15, 0.2) is 0 Å². The van der Waals surface area contributed by atoms with Crippen molar-refractivity contribution in [2.75, 3.05) is 0 Å². The number of carbonyl (C=O) groups is 2. The van der Waals surface area contributed by atoms with Gasteiger partial charge in [0.1, 0.15) is 0 Å². The van der Waals surface area contributed by atoms with E-state index in [1.165, 1.54) is 20.8 Å². The average molecular weight is 145 g/mol. The van der Waals surface area contributed by atoms with Gasteiger partial charge in [0.15, 0.2) is 5.60 Å². The molecule has 0 aliphatic rings. The molecule has 0 aromatic heterocycles. The number of carbonyl (C=O) groups excluding carboxylic acids is 2. The van der Waals surface area contributed by atoms with Gasteiger partial charge in [-0.1, -0.05) is 0 Å². The van der Waals surface area contributed by atoms with Crippen LogP contribution in [0.2, 0.25) is 0 Å². The van der Waals surface area contributed by atoms with E-state index in [0.717, 1.165) is 0 Å². The van der Waals surface area contributed by atoms with E-state index in [2.05, 4.69) is 4.74 Å². The summed E-state index contributed by atoms with van der Waals surface area (Å²) in [5.74, 6) is -1.16. The maximum Gasteiger partial charge on any atom is 0.303 e. The summed E-state index contributed by atoms with van der Waals surface area (Å²) in [6.45, 7) is 4.11. The molecule has 58 valence electrons. The monoisotopic (exact) mass is 145 g/mol. The minimum atomic E-state index is -1.19. The summed E-state index contributed by atoms with van der Waals surface area (Å²) in [6, 6.07) is 0. The lowest BCUT2D eigenvalue weighted by atomic mass is 10.1. The normalized spacial score (nSPS) is 10.7. The predicted octanol–water partition coefficient (Wildman–Crippen LogP) is -0.187. The first kappa shape index (κ1) is 8.94. The van der Waals surface area contributed by atoms with Crippen LogP contribution < -0.4 is 5.73 Å². The van der Waals surface area contributed by atoms with E-state index in [1.54, 1.807) is 0 Å². The van der Waals surface area contributed by atoms with Crippen LogP contribution in [0.5, 0.6) is 0 Å². The van der Waals surface area contributed by atoms with Crippen molar-refractivity contribution in [2.24, 2.45) is 5.73 Å². The smallest absolute Gasteiger partial charge is 0.303 e. The Balaban J connectivity index is 4.13. The maximum atomic E-state index is 10.5. The van der Waals surface area contributed by atoms with Crippen molar-refractivity contribution in [3.8, 4) is 0 Å². The van der Waals surface area contributed by atoms with E-state index >= 15 is 0 Å². The van der Waals surface area contributed by atoms with Crippen LogP contribution in [-0.4, -0.2) is 17.5 Å². The Labute approximate surface area is 59.3 Å². The Bertz CT molecular complexity index is 162. The van der Waals surface area contributed by atoms with Gasteiger partial charge in [-0.25, -0.2) is 0 Å². The van der Waals surface area contributed by atoms with Crippen LogP contribution in [0.1, 0.15) is 20.8 Å². The van der Waals surface area contributed by atoms with Crippen LogP contribution in [0.25, 0.3) is 0 Å². The summed E-state index contributed by atoms with van der Waals surface area (Å²) < 4.78 is 4.59. The highest BCUT2D eigenvalue weighted by molar-refractivity contribution is 5.85. The molecule has 4 nitrogen and oxygen atoms in total. The van der Waals surface area contributed by atoms with Crippen molar-refractivity contribution >= 4 is 11.9 Å². The second-order valence-electron chi connectivity index (χ2n) is 2.47. The number of esters is 1. The fourth-order valence-electron chi connectivity index (χ4n) is 0.410. The van der Waals surface area contributed by atoms with Gasteiger partial charge < -0.3 is 10.5 Å². The molecule has 0 atom stereocenters. The number of nitrogens with two attached hydrogens (primary N) is 1. The van der Waals surface area contributed by atoms with E-state index < -0.39 is 17.5 Å². The molecule has 0 aliphatic heterocycles. The Morgan fingerprint density at radius 3 is 1.90 bits per heavy atom. The lowest BCUT2D eigenvalue weighted by molar-refractivity contribution is -0.161. The first-order valence-electron chi connectivity index (χ1n) is 2.86. The standard InChI is InChI=1S/C6H11NO3/c1-4(8)10-6(2,3)5(7)9/h1-3H3,(H2,7,9). The summed E-state index contributed by atoms with van der Waals surface area (Å²) >= 11 is 0. The van der Waals surface area contributed by atoms with Gasteiger partial charge >= 0.3 is 5.97 Å². The van der Waals surface area contributed by atoms with Gasteiger partial charge in [0, 0.05) is 6.92 Å². The molecule has 0 aromatic rings. The fourth-order valence-corrected chi connectivity index (χ4v) is 0.410. The van der Waals surface area contributed by atoms with E-state index in [1.807, 2.05) is 0 Å². The number of primary amides is 1. The van der Waals surface area contributed by atoms with Crippen LogP contribution in [-0.2, 0) is 14.3 Å². The van der Waals surface area contributed by atoms with Crippen LogP contribution in [0.3, 0.4) is 0 Å². The van der Waals surface area contributed by atoms with Crippen LogP contribution in [0.4, 0.5) is 0 Å². The molecule has 0 bridgehead atoms. The summed E-state index contributed by atoms with van der Waals surface area (Å²) in [5, 5.41) is 0. The Kier molecular flexibility index (Phi) is 2.40. The molecule has 0 fully saturated rings. The predicted molar refractivity (Wildman–Crippen MR) is 35.0 cm³/mol. The molecule has 1 amide bonds. The van der Waals surface area contributed by atoms with Crippen LogP contribution >= 0.6 is 0 Å². The van der Waals surface area contributed by atoms with Gasteiger partial charge in [0.2, 0.25) is 0 Å². The molecule has 0 unspecified atom stereocenters. The molecule has 10 heavy (non-hydrogen) atoms. The van der Waals surface area contributed by atoms with Crippen molar-refractivity contribution in [2.45, 2.75) is 26.4 Å². The quantitative estimate of drug-likeness (QED) is 0.547. The molecular formula is C6H11NO3. The zero-order chi connectivity index (χ0) is 8.36. The van der Waals surface area contributed by atoms with Crippen molar-refractivity contribution in [3.05, 3.63) is 0 Å². The van der Waals surface area contributed by atoms with E-state index in [-0.39, 0.29) is 0 Å². The lowest BCUT2D eigenvalue weighted by Crippen LogP contribution is -2.41.